The van der Waals surface area contributed by atoms with Gasteiger partial charge in [0.2, 0.25) is 0 Å². The van der Waals surface area contributed by atoms with Crippen LogP contribution in [-0.2, 0) is 0 Å². The predicted molar refractivity (Wildman–Crippen MR) is 84.0 cm³/mol. The lowest BCUT2D eigenvalue weighted by molar-refractivity contribution is 0.449. The Kier molecular flexibility index (Phi) is 5.68. The molecule has 2 unspecified atom stereocenters. The summed E-state index contributed by atoms with van der Waals surface area (Å²) in [6.45, 7) is 7.35. The maximum atomic E-state index is 5.45. The van der Waals surface area contributed by atoms with Crippen molar-refractivity contribution in [1.82, 2.24) is 10.3 Å². The molecular formula is C16H22N2OS. The molecule has 2 atom stereocenters. The second-order valence-electron chi connectivity index (χ2n) is 4.92. The van der Waals surface area contributed by atoms with E-state index in [1.54, 1.807) is 18.0 Å². The fourth-order valence-electron chi connectivity index (χ4n) is 2.13. The second-order valence-corrected chi connectivity index (χ2v) is 6.25. The van der Waals surface area contributed by atoms with Gasteiger partial charge in [0, 0.05) is 11.3 Å². The molecule has 1 aromatic carbocycles. The molecule has 4 heteroatoms. The normalized spacial score (nSPS) is 14.2. The zero-order valence-electron chi connectivity index (χ0n) is 12.3. The monoisotopic (exact) mass is 290 g/mol. The number of hydrogen-bond donors (Lipinski definition) is 1. The first-order valence-electron chi connectivity index (χ1n) is 7.07. The molecule has 0 fully saturated rings. The molecule has 0 saturated heterocycles. The van der Waals surface area contributed by atoms with Gasteiger partial charge in [-0.3, -0.25) is 0 Å². The molecule has 0 spiro atoms. The van der Waals surface area contributed by atoms with E-state index >= 15 is 0 Å². The van der Waals surface area contributed by atoms with E-state index < -0.39 is 0 Å². The minimum Gasteiger partial charge on any atom is -0.440 e. The molecule has 1 N–H and O–H groups in total. The van der Waals surface area contributed by atoms with E-state index in [1.807, 2.05) is 6.92 Å². The number of nitrogens with one attached hydrogen (secondary N) is 1. The number of benzene rings is 1. The average Bonchev–Trinajstić information content (AvgIpc) is 2.86. The van der Waals surface area contributed by atoms with Crippen molar-refractivity contribution in [2.45, 2.75) is 43.7 Å². The van der Waals surface area contributed by atoms with Crippen molar-refractivity contribution in [3.63, 3.8) is 0 Å². The number of aromatic nitrogens is 1. The van der Waals surface area contributed by atoms with E-state index in [1.165, 1.54) is 5.56 Å². The first-order valence-corrected chi connectivity index (χ1v) is 7.95. The van der Waals surface area contributed by atoms with Crippen LogP contribution in [0.3, 0.4) is 0 Å². The van der Waals surface area contributed by atoms with Crippen LogP contribution in [0.5, 0.6) is 0 Å². The second kappa shape index (κ2) is 7.50. The summed E-state index contributed by atoms with van der Waals surface area (Å²) in [6, 6.07) is 10.9. The summed E-state index contributed by atoms with van der Waals surface area (Å²) in [6.07, 6.45) is 2.82. The number of nitrogens with zero attached hydrogens (tertiary/aromatic N) is 1. The summed E-state index contributed by atoms with van der Waals surface area (Å²) in [5.41, 5.74) is 2.24. The number of thioether (sulfide) groups is 1. The van der Waals surface area contributed by atoms with E-state index in [0.29, 0.717) is 11.3 Å². The summed E-state index contributed by atoms with van der Waals surface area (Å²) in [4.78, 5) is 4.38. The molecule has 0 bridgehead atoms. The fraction of sp³-hybridized carbons (Fsp3) is 0.438. The molecule has 2 rings (SSSR count). The van der Waals surface area contributed by atoms with Gasteiger partial charge in [-0.25, -0.2) is 4.98 Å². The number of aryl methyl sites for hydroxylation is 1. The lowest BCUT2D eigenvalue weighted by Gasteiger charge is -2.24. The third-order valence-corrected chi connectivity index (χ3v) is 4.16. The molecular weight excluding hydrogens is 268 g/mol. The van der Waals surface area contributed by atoms with E-state index in [9.17, 15) is 0 Å². The predicted octanol–water partition coefficient (Wildman–Crippen LogP) is 4.20. The Hall–Kier alpha value is -1.26. The highest BCUT2D eigenvalue weighted by molar-refractivity contribution is 7.99. The van der Waals surface area contributed by atoms with E-state index in [-0.39, 0.29) is 0 Å². The van der Waals surface area contributed by atoms with Gasteiger partial charge in [0.25, 0.3) is 5.22 Å². The highest BCUT2D eigenvalue weighted by atomic mass is 32.2. The van der Waals surface area contributed by atoms with E-state index in [4.69, 9.17) is 4.42 Å². The molecule has 108 valence electrons. The number of oxazole rings is 1. The summed E-state index contributed by atoms with van der Waals surface area (Å²) in [5.74, 6) is 0. The van der Waals surface area contributed by atoms with Crippen LogP contribution in [-0.4, -0.2) is 16.8 Å². The highest BCUT2D eigenvalue weighted by Crippen LogP contribution is 2.31. The molecule has 0 aliphatic carbocycles. The molecule has 0 aliphatic heterocycles. The molecule has 2 aromatic rings. The molecule has 0 aliphatic rings. The Balaban J connectivity index is 2.09. The Labute approximate surface area is 125 Å². The summed E-state index contributed by atoms with van der Waals surface area (Å²) >= 11 is 1.68. The third-order valence-electron chi connectivity index (χ3n) is 3.13. The van der Waals surface area contributed by atoms with Crippen LogP contribution < -0.4 is 5.32 Å². The van der Waals surface area contributed by atoms with Gasteiger partial charge in [0.05, 0.1) is 5.69 Å². The van der Waals surface area contributed by atoms with Crippen molar-refractivity contribution >= 4 is 11.8 Å². The van der Waals surface area contributed by atoms with Crippen molar-refractivity contribution in [2.24, 2.45) is 0 Å². The van der Waals surface area contributed by atoms with Crippen LogP contribution in [0.25, 0.3) is 0 Å². The van der Waals surface area contributed by atoms with E-state index in [0.717, 1.165) is 23.9 Å². The lowest BCUT2D eigenvalue weighted by Crippen LogP contribution is -2.29. The Bertz CT molecular complexity index is 512. The standard InChI is InChI=1S/C16H22N2OS/c1-4-10-17-15(14-8-6-5-7-9-14)13(3)20-16-18-12(2)11-19-16/h5-9,11,13,15,17H,4,10H2,1-3H3. The molecule has 20 heavy (non-hydrogen) atoms. The van der Waals surface area contributed by atoms with Gasteiger partial charge in [-0.05, 0) is 25.5 Å². The van der Waals surface area contributed by atoms with Gasteiger partial charge in [-0.2, -0.15) is 0 Å². The van der Waals surface area contributed by atoms with Gasteiger partial charge < -0.3 is 9.73 Å². The van der Waals surface area contributed by atoms with Gasteiger partial charge >= 0.3 is 0 Å². The summed E-state index contributed by atoms with van der Waals surface area (Å²) in [5, 5.41) is 4.72. The maximum absolute atomic E-state index is 5.45. The topological polar surface area (TPSA) is 38.1 Å². The molecule has 1 heterocycles. The molecule has 1 aromatic heterocycles. The van der Waals surface area contributed by atoms with Crippen LogP contribution in [0.4, 0.5) is 0 Å². The number of hydrogen-bond acceptors (Lipinski definition) is 4. The first-order chi connectivity index (χ1) is 9.70. The zero-order valence-corrected chi connectivity index (χ0v) is 13.1. The van der Waals surface area contributed by atoms with Crippen LogP contribution in [0, 0.1) is 6.92 Å². The van der Waals surface area contributed by atoms with Crippen molar-refractivity contribution in [3.8, 4) is 0 Å². The Morgan fingerprint density at radius 3 is 2.65 bits per heavy atom. The third kappa shape index (κ3) is 4.12. The van der Waals surface area contributed by atoms with Gasteiger partial charge in [-0.15, -0.1) is 0 Å². The van der Waals surface area contributed by atoms with Crippen LogP contribution in [0.1, 0.15) is 37.6 Å². The highest BCUT2D eigenvalue weighted by Gasteiger charge is 2.21. The van der Waals surface area contributed by atoms with Crippen LogP contribution in [0.15, 0.2) is 46.2 Å². The van der Waals surface area contributed by atoms with Crippen LogP contribution in [0.2, 0.25) is 0 Å². The molecule has 3 nitrogen and oxygen atoms in total. The summed E-state index contributed by atoms with van der Waals surface area (Å²) in [7, 11) is 0. The lowest BCUT2D eigenvalue weighted by atomic mass is 10.0. The van der Waals surface area contributed by atoms with Gasteiger partial charge in [0.1, 0.15) is 6.26 Å². The average molecular weight is 290 g/mol. The maximum Gasteiger partial charge on any atom is 0.256 e. The van der Waals surface area contributed by atoms with Gasteiger partial charge in [0.15, 0.2) is 0 Å². The summed E-state index contributed by atoms with van der Waals surface area (Å²) < 4.78 is 5.45. The van der Waals surface area contributed by atoms with Crippen LogP contribution >= 0.6 is 11.8 Å². The van der Waals surface area contributed by atoms with Gasteiger partial charge in [-0.1, -0.05) is 55.9 Å². The molecule has 0 radical (unpaired) electrons. The van der Waals surface area contributed by atoms with Crippen molar-refractivity contribution < 1.29 is 4.42 Å². The molecule has 0 saturated carbocycles. The zero-order chi connectivity index (χ0) is 14.4. The van der Waals surface area contributed by atoms with Crippen molar-refractivity contribution in [2.75, 3.05) is 6.54 Å². The van der Waals surface area contributed by atoms with E-state index in [2.05, 4.69) is 54.5 Å². The Morgan fingerprint density at radius 1 is 1.30 bits per heavy atom. The minimum atomic E-state index is 0.299. The SMILES string of the molecule is CCCNC(c1ccccc1)C(C)Sc1nc(C)co1. The minimum absolute atomic E-state index is 0.299. The van der Waals surface area contributed by atoms with Crippen molar-refractivity contribution in [3.05, 3.63) is 47.9 Å². The number of rotatable bonds is 7. The van der Waals surface area contributed by atoms with Crippen molar-refractivity contribution in [1.29, 1.82) is 0 Å². The molecule has 0 amide bonds. The largest absolute Gasteiger partial charge is 0.440 e. The first kappa shape index (κ1) is 15.1. The Morgan fingerprint density at radius 2 is 2.05 bits per heavy atom. The smallest absolute Gasteiger partial charge is 0.256 e. The quantitative estimate of drug-likeness (QED) is 0.775. The fourth-order valence-corrected chi connectivity index (χ4v) is 3.14.